The summed E-state index contributed by atoms with van der Waals surface area (Å²) in [5, 5.41) is 0.517. The van der Waals surface area contributed by atoms with E-state index in [1.807, 2.05) is 6.26 Å². The molecule has 0 radical (unpaired) electrons. The summed E-state index contributed by atoms with van der Waals surface area (Å²) in [7, 11) is -3.59. The van der Waals surface area contributed by atoms with E-state index < -0.39 is 10.0 Å². The molecule has 1 aromatic heterocycles. The Labute approximate surface area is 110 Å². The van der Waals surface area contributed by atoms with Crippen molar-refractivity contribution in [1.82, 2.24) is 9.97 Å². The highest BCUT2D eigenvalue weighted by molar-refractivity contribution is 7.98. The van der Waals surface area contributed by atoms with Crippen LogP contribution >= 0.6 is 11.8 Å². The number of thioether (sulfide) groups is 1. The Kier molecular flexibility index (Phi) is 3.83. The SMILES string of the molecule is CSc1nccc(NS(=O)(=O)c2ccccc2)n1. The van der Waals surface area contributed by atoms with Crippen LogP contribution in [0.2, 0.25) is 0 Å². The Balaban J connectivity index is 2.28. The molecule has 2 aromatic rings. The molecule has 0 aliphatic rings. The van der Waals surface area contributed by atoms with Gasteiger partial charge in [0, 0.05) is 6.20 Å². The molecule has 0 aliphatic heterocycles. The maximum Gasteiger partial charge on any atom is 0.263 e. The van der Waals surface area contributed by atoms with Gasteiger partial charge in [0.1, 0.15) is 5.82 Å². The summed E-state index contributed by atoms with van der Waals surface area (Å²) >= 11 is 1.35. The van der Waals surface area contributed by atoms with E-state index in [0.717, 1.165) is 0 Å². The van der Waals surface area contributed by atoms with Crippen LogP contribution in [0.3, 0.4) is 0 Å². The zero-order valence-corrected chi connectivity index (χ0v) is 11.2. The van der Waals surface area contributed by atoms with Crippen LogP contribution in [0.15, 0.2) is 52.6 Å². The number of hydrogen-bond acceptors (Lipinski definition) is 5. The van der Waals surface area contributed by atoms with Gasteiger partial charge in [-0.15, -0.1) is 0 Å². The molecule has 1 N–H and O–H groups in total. The first-order valence-corrected chi connectivity index (χ1v) is 7.77. The topological polar surface area (TPSA) is 72.0 Å². The van der Waals surface area contributed by atoms with Crippen molar-refractivity contribution in [2.45, 2.75) is 10.1 Å². The van der Waals surface area contributed by atoms with Gasteiger partial charge in [-0.2, -0.15) is 0 Å². The predicted molar refractivity (Wildman–Crippen MR) is 71.1 cm³/mol. The molecule has 0 aliphatic carbocycles. The lowest BCUT2D eigenvalue weighted by atomic mass is 10.4. The molecule has 0 spiro atoms. The summed E-state index contributed by atoms with van der Waals surface area (Å²) in [5.41, 5.74) is 0. The van der Waals surface area contributed by atoms with Gasteiger partial charge in [-0.1, -0.05) is 30.0 Å². The normalized spacial score (nSPS) is 11.2. The van der Waals surface area contributed by atoms with E-state index in [0.29, 0.717) is 5.16 Å². The molecule has 5 nitrogen and oxygen atoms in total. The fourth-order valence-electron chi connectivity index (χ4n) is 1.29. The summed E-state index contributed by atoms with van der Waals surface area (Å²) in [6.07, 6.45) is 3.34. The second kappa shape index (κ2) is 5.36. The van der Waals surface area contributed by atoms with E-state index in [1.165, 1.54) is 36.2 Å². The molecule has 0 saturated heterocycles. The third kappa shape index (κ3) is 2.99. The number of aromatic nitrogens is 2. The molecule has 0 atom stereocenters. The van der Waals surface area contributed by atoms with Crippen molar-refractivity contribution >= 4 is 27.6 Å². The van der Waals surface area contributed by atoms with Crippen molar-refractivity contribution in [3.8, 4) is 0 Å². The molecular weight excluding hydrogens is 270 g/mol. The average molecular weight is 281 g/mol. The Bertz CT molecular complexity index is 630. The van der Waals surface area contributed by atoms with Gasteiger partial charge in [-0.3, -0.25) is 4.72 Å². The second-order valence-corrected chi connectivity index (χ2v) is 5.80. The van der Waals surface area contributed by atoms with Crippen LogP contribution in [0, 0.1) is 0 Å². The lowest BCUT2D eigenvalue weighted by Crippen LogP contribution is -2.14. The van der Waals surface area contributed by atoms with E-state index in [1.54, 1.807) is 18.2 Å². The highest BCUT2D eigenvalue weighted by Gasteiger charge is 2.14. The van der Waals surface area contributed by atoms with Crippen LogP contribution in [0.4, 0.5) is 5.82 Å². The molecule has 2 rings (SSSR count). The van der Waals surface area contributed by atoms with Crippen LogP contribution in [0.5, 0.6) is 0 Å². The third-order valence-corrected chi connectivity index (χ3v) is 4.04. The smallest absolute Gasteiger partial charge is 0.263 e. The number of benzene rings is 1. The van der Waals surface area contributed by atoms with Crippen molar-refractivity contribution in [3.63, 3.8) is 0 Å². The fourth-order valence-corrected chi connectivity index (χ4v) is 2.67. The van der Waals surface area contributed by atoms with Crippen molar-refractivity contribution in [3.05, 3.63) is 42.6 Å². The van der Waals surface area contributed by atoms with Gasteiger partial charge in [0.25, 0.3) is 10.0 Å². The average Bonchev–Trinajstić information content (AvgIpc) is 2.39. The van der Waals surface area contributed by atoms with Gasteiger partial charge in [-0.25, -0.2) is 18.4 Å². The fraction of sp³-hybridized carbons (Fsp3) is 0.0909. The van der Waals surface area contributed by atoms with Gasteiger partial charge >= 0.3 is 0 Å². The van der Waals surface area contributed by atoms with E-state index in [2.05, 4.69) is 14.7 Å². The summed E-state index contributed by atoms with van der Waals surface area (Å²) in [6.45, 7) is 0. The lowest BCUT2D eigenvalue weighted by molar-refractivity contribution is 0.601. The second-order valence-electron chi connectivity index (χ2n) is 3.35. The first-order chi connectivity index (χ1) is 8.62. The molecule has 0 saturated carbocycles. The molecular formula is C11H11N3O2S2. The van der Waals surface area contributed by atoms with Gasteiger partial charge in [-0.05, 0) is 24.5 Å². The first-order valence-electron chi connectivity index (χ1n) is 5.07. The summed E-state index contributed by atoms with van der Waals surface area (Å²) < 4.78 is 26.5. The van der Waals surface area contributed by atoms with E-state index >= 15 is 0 Å². The molecule has 94 valence electrons. The quantitative estimate of drug-likeness (QED) is 0.685. The number of sulfonamides is 1. The van der Waals surface area contributed by atoms with Crippen molar-refractivity contribution in [2.24, 2.45) is 0 Å². The minimum atomic E-state index is -3.59. The van der Waals surface area contributed by atoms with Crippen molar-refractivity contribution < 1.29 is 8.42 Å². The Morgan fingerprint density at radius 3 is 2.56 bits per heavy atom. The molecule has 1 aromatic carbocycles. The van der Waals surface area contributed by atoms with Crippen LogP contribution in [0.1, 0.15) is 0 Å². The van der Waals surface area contributed by atoms with Crippen LogP contribution in [-0.2, 0) is 10.0 Å². The van der Waals surface area contributed by atoms with Crippen molar-refractivity contribution in [2.75, 3.05) is 11.0 Å². The van der Waals surface area contributed by atoms with Crippen LogP contribution < -0.4 is 4.72 Å². The highest BCUT2D eigenvalue weighted by Crippen LogP contribution is 2.15. The number of nitrogens with zero attached hydrogens (tertiary/aromatic N) is 2. The summed E-state index contributed by atoms with van der Waals surface area (Å²) in [6, 6.07) is 9.66. The molecule has 7 heteroatoms. The Hall–Kier alpha value is -1.60. The molecule has 1 heterocycles. The van der Waals surface area contributed by atoms with E-state index in [4.69, 9.17) is 0 Å². The molecule has 0 bridgehead atoms. The minimum Gasteiger partial charge on any atom is -0.263 e. The molecule has 18 heavy (non-hydrogen) atoms. The summed E-state index contributed by atoms with van der Waals surface area (Å²) in [5.74, 6) is 0.262. The predicted octanol–water partition coefficient (Wildman–Crippen LogP) is 2.00. The summed E-state index contributed by atoms with van der Waals surface area (Å²) in [4.78, 5) is 8.24. The number of hydrogen-bond donors (Lipinski definition) is 1. The number of anilines is 1. The van der Waals surface area contributed by atoms with E-state index in [-0.39, 0.29) is 10.7 Å². The molecule has 0 unspecified atom stereocenters. The largest absolute Gasteiger partial charge is 0.263 e. The lowest BCUT2D eigenvalue weighted by Gasteiger charge is -2.07. The molecule has 0 amide bonds. The first kappa shape index (κ1) is 12.8. The number of rotatable bonds is 4. The maximum atomic E-state index is 12.0. The Morgan fingerprint density at radius 2 is 1.89 bits per heavy atom. The van der Waals surface area contributed by atoms with Crippen LogP contribution in [-0.4, -0.2) is 24.6 Å². The van der Waals surface area contributed by atoms with Gasteiger partial charge in [0.05, 0.1) is 4.90 Å². The Morgan fingerprint density at radius 1 is 1.17 bits per heavy atom. The number of nitrogens with one attached hydrogen (secondary N) is 1. The van der Waals surface area contributed by atoms with E-state index in [9.17, 15) is 8.42 Å². The standard InChI is InChI=1S/C11H11N3O2S2/c1-17-11-12-8-7-10(13-11)14-18(15,16)9-5-3-2-4-6-9/h2-8H,1H3,(H,12,13,14). The van der Waals surface area contributed by atoms with Gasteiger partial charge in [0.15, 0.2) is 5.16 Å². The van der Waals surface area contributed by atoms with Gasteiger partial charge < -0.3 is 0 Å². The van der Waals surface area contributed by atoms with Crippen molar-refractivity contribution in [1.29, 1.82) is 0 Å². The highest BCUT2D eigenvalue weighted by atomic mass is 32.2. The molecule has 0 fully saturated rings. The third-order valence-electron chi connectivity index (χ3n) is 2.11. The van der Waals surface area contributed by atoms with Crippen LogP contribution in [0.25, 0.3) is 0 Å². The minimum absolute atomic E-state index is 0.203. The zero-order valence-electron chi connectivity index (χ0n) is 9.57. The van der Waals surface area contributed by atoms with Gasteiger partial charge in [0.2, 0.25) is 0 Å². The maximum absolute atomic E-state index is 12.0. The monoisotopic (exact) mass is 281 g/mol. The zero-order chi connectivity index (χ0) is 13.0.